The topological polar surface area (TPSA) is 82.2 Å². The van der Waals surface area contributed by atoms with Crippen LogP contribution in [0.15, 0.2) is 28.8 Å². The van der Waals surface area contributed by atoms with Crippen molar-refractivity contribution < 1.29 is 14.1 Å². The van der Waals surface area contributed by atoms with Gasteiger partial charge in [0.15, 0.2) is 5.69 Å². The second-order valence-electron chi connectivity index (χ2n) is 8.78. The third kappa shape index (κ3) is 3.84. The van der Waals surface area contributed by atoms with Gasteiger partial charge in [-0.1, -0.05) is 31.1 Å². The van der Waals surface area contributed by atoms with E-state index in [0.29, 0.717) is 12.2 Å². The molecule has 7 heteroatoms. The molecular weight excluding hydrogens is 380 g/mol. The Morgan fingerprint density at radius 2 is 2.00 bits per heavy atom. The molecule has 2 aromatic heterocycles. The summed E-state index contributed by atoms with van der Waals surface area (Å²) in [6.45, 7) is 8.89. The summed E-state index contributed by atoms with van der Waals surface area (Å²) in [4.78, 5) is 13.0. The van der Waals surface area contributed by atoms with Gasteiger partial charge in [-0.25, -0.2) is 0 Å². The van der Waals surface area contributed by atoms with E-state index in [1.54, 1.807) is 7.11 Å². The molecule has 0 saturated carbocycles. The Labute approximate surface area is 176 Å². The number of aryl methyl sites for hydroxylation is 2. The highest BCUT2D eigenvalue weighted by Crippen LogP contribution is 2.36. The molecule has 1 N–H and O–H groups in total. The number of nitrogens with one attached hydrogen (secondary N) is 1. The number of hydrogen-bond donors (Lipinski definition) is 1. The Hall–Kier alpha value is -3.09. The number of benzene rings is 1. The Morgan fingerprint density at radius 1 is 1.27 bits per heavy atom. The number of hydrogen-bond acceptors (Lipinski definition) is 5. The van der Waals surface area contributed by atoms with E-state index >= 15 is 0 Å². The van der Waals surface area contributed by atoms with E-state index < -0.39 is 0 Å². The van der Waals surface area contributed by atoms with Crippen molar-refractivity contribution in [3.8, 4) is 5.75 Å². The highest BCUT2D eigenvalue weighted by atomic mass is 16.5. The van der Waals surface area contributed by atoms with Crippen LogP contribution in [0, 0.1) is 19.3 Å². The van der Waals surface area contributed by atoms with Gasteiger partial charge in [0.1, 0.15) is 11.5 Å². The molecule has 30 heavy (non-hydrogen) atoms. The molecule has 1 amide bonds. The summed E-state index contributed by atoms with van der Waals surface area (Å²) in [5.74, 6) is 1.41. The van der Waals surface area contributed by atoms with Gasteiger partial charge in [0.25, 0.3) is 5.91 Å². The second kappa shape index (κ2) is 7.63. The number of carbonyl (C=O) groups is 1. The van der Waals surface area contributed by atoms with Gasteiger partial charge < -0.3 is 14.6 Å². The van der Waals surface area contributed by atoms with Crippen molar-refractivity contribution in [1.82, 2.24) is 14.9 Å². The van der Waals surface area contributed by atoms with E-state index in [2.05, 4.69) is 29.4 Å². The van der Waals surface area contributed by atoms with Crippen LogP contribution in [-0.4, -0.2) is 28.0 Å². The zero-order valence-electron chi connectivity index (χ0n) is 18.2. The number of ether oxygens (including phenoxy) is 1. The van der Waals surface area contributed by atoms with Crippen LogP contribution in [0.2, 0.25) is 0 Å². The molecule has 4 rings (SSSR count). The number of carbonyl (C=O) groups excluding carboxylic acids is 1. The number of amides is 1. The van der Waals surface area contributed by atoms with Crippen molar-refractivity contribution >= 4 is 11.6 Å². The molecule has 2 heterocycles. The minimum atomic E-state index is -0.243. The fourth-order valence-electron chi connectivity index (χ4n) is 4.03. The van der Waals surface area contributed by atoms with E-state index in [-0.39, 0.29) is 11.3 Å². The molecule has 0 spiro atoms. The van der Waals surface area contributed by atoms with Gasteiger partial charge in [0.05, 0.1) is 30.7 Å². The summed E-state index contributed by atoms with van der Waals surface area (Å²) in [5.41, 5.74) is 4.96. The van der Waals surface area contributed by atoms with Crippen LogP contribution < -0.4 is 10.1 Å². The summed E-state index contributed by atoms with van der Waals surface area (Å²) in [7, 11) is 1.65. The quantitative estimate of drug-likeness (QED) is 0.680. The van der Waals surface area contributed by atoms with Crippen molar-refractivity contribution in [3.05, 3.63) is 58.2 Å². The predicted molar refractivity (Wildman–Crippen MR) is 114 cm³/mol. The number of aromatic nitrogens is 3. The summed E-state index contributed by atoms with van der Waals surface area (Å²) < 4.78 is 12.6. The molecule has 158 valence electrons. The van der Waals surface area contributed by atoms with Gasteiger partial charge in [-0.2, -0.15) is 5.10 Å². The molecule has 0 atom stereocenters. The zero-order chi connectivity index (χ0) is 21.5. The molecule has 0 bridgehead atoms. The first-order valence-electron chi connectivity index (χ1n) is 10.2. The maximum absolute atomic E-state index is 13.0. The number of rotatable bonds is 5. The molecule has 0 radical (unpaired) electrons. The molecule has 3 aromatic rings. The van der Waals surface area contributed by atoms with E-state index in [1.165, 1.54) is 0 Å². The van der Waals surface area contributed by atoms with E-state index in [4.69, 9.17) is 9.26 Å². The predicted octanol–water partition coefficient (Wildman–Crippen LogP) is 4.31. The molecule has 0 saturated heterocycles. The summed E-state index contributed by atoms with van der Waals surface area (Å²) in [5, 5.41) is 11.7. The Balaban J connectivity index is 1.54. The third-order valence-electron chi connectivity index (χ3n) is 5.88. The largest absolute Gasteiger partial charge is 0.497 e. The molecule has 1 aliphatic rings. The van der Waals surface area contributed by atoms with Crippen molar-refractivity contribution in [1.29, 1.82) is 0 Å². The molecule has 0 unspecified atom stereocenters. The smallest absolute Gasteiger partial charge is 0.278 e. The molecule has 1 aliphatic carbocycles. The van der Waals surface area contributed by atoms with E-state index in [1.807, 2.05) is 42.8 Å². The van der Waals surface area contributed by atoms with Gasteiger partial charge in [-0.3, -0.25) is 9.48 Å². The van der Waals surface area contributed by atoms with Crippen LogP contribution in [0.4, 0.5) is 5.69 Å². The van der Waals surface area contributed by atoms with Crippen LogP contribution in [0.25, 0.3) is 0 Å². The first-order valence-corrected chi connectivity index (χ1v) is 10.2. The first-order chi connectivity index (χ1) is 14.3. The van der Waals surface area contributed by atoms with Crippen LogP contribution in [-0.2, 0) is 19.4 Å². The Bertz CT molecular complexity index is 1080. The van der Waals surface area contributed by atoms with E-state index in [0.717, 1.165) is 59.0 Å². The van der Waals surface area contributed by atoms with Crippen LogP contribution >= 0.6 is 0 Å². The number of anilines is 1. The van der Waals surface area contributed by atoms with Gasteiger partial charge >= 0.3 is 0 Å². The summed E-state index contributed by atoms with van der Waals surface area (Å²) >= 11 is 0. The lowest BCUT2D eigenvalue weighted by Gasteiger charge is -2.28. The lowest BCUT2D eigenvalue weighted by Crippen LogP contribution is -2.24. The molecule has 1 aromatic carbocycles. The molecular formula is C23H28N4O3. The number of fused-ring (bicyclic) bond motifs is 1. The average molecular weight is 409 g/mol. The van der Waals surface area contributed by atoms with Gasteiger partial charge in [-0.15, -0.1) is 0 Å². The van der Waals surface area contributed by atoms with Gasteiger partial charge in [-0.05, 0) is 49.8 Å². The van der Waals surface area contributed by atoms with Crippen molar-refractivity contribution in [2.75, 3.05) is 12.4 Å². The highest BCUT2D eigenvalue weighted by Gasteiger charge is 2.33. The highest BCUT2D eigenvalue weighted by molar-refractivity contribution is 6.04. The van der Waals surface area contributed by atoms with Gasteiger partial charge in [0.2, 0.25) is 0 Å². The first kappa shape index (κ1) is 20.2. The third-order valence-corrected chi connectivity index (χ3v) is 5.88. The van der Waals surface area contributed by atoms with Crippen molar-refractivity contribution in [2.45, 2.75) is 53.5 Å². The zero-order valence-corrected chi connectivity index (χ0v) is 18.2. The molecule has 0 aliphatic heterocycles. The summed E-state index contributed by atoms with van der Waals surface area (Å²) in [6, 6.07) is 7.88. The fourth-order valence-corrected chi connectivity index (χ4v) is 4.03. The number of nitrogens with zero attached hydrogens (tertiary/aromatic N) is 3. The van der Waals surface area contributed by atoms with Crippen LogP contribution in [0.1, 0.15) is 59.0 Å². The minimum Gasteiger partial charge on any atom is -0.497 e. The molecule has 7 nitrogen and oxygen atoms in total. The monoisotopic (exact) mass is 408 g/mol. The fraction of sp³-hybridized carbons (Fsp3) is 0.435. The lowest BCUT2D eigenvalue weighted by molar-refractivity contribution is 0.101. The standard InChI is InChI=1S/C23H28N4O3/c1-14-20(15(2)27(25-14)13-16-6-8-17(29-5)9-7-16)24-22(28)21-18-12-23(3,4)11-10-19(18)30-26-21/h6-9H,10-13H2,1-5H3,(H,24,28). The van der Waals surface area contributed by atoms with Gasteiger partial charge in [0, 0.05) is 12.0 Å². The Kier molecular flexibility index (Phi) is 5.13. The van der Waals surface area contributed by atoms with Crippen LogP contribution in [0.5, 0.6) is 5.75 Å². The van der Waals surface area contributed by atoms with E-state index in [9.17, 15) is 4.79 Å². The van der Waals surface area contributed by atoms with Crippen molar-refractivity contribution in [3.63, 3.8) is 0 Å². The number of methoxy groups -OCH3 is 1. The molecule has 0 fully saturated rings. The Morgan fingerprint density at radius 3 is 2.70 bits per heavy atom. The maximum Gasteiger partial charge on any atom is 0.278 e. The lowest BCUT2D eigenvalue weighted by atomic mass is 9.76. The summed E-state index contributed by atoms with van der Waals surface area (Å²) in [6.07, 6.45) is 2.65. The minimum absolute atomic E-state index is 0.142. The average Bonchev–Trinajstić information content (AvgIpc) is 3.23. The second-order valence-corrected chi connectivity index (χ2v) is 8.78. The SMILES string of the molecule is COc1ccc(Cn2nc(C)c(NC(=O)c3noc4c3CC(C)(C)CC4)c2C)cc1. The normalized spacial score (nSPS) is 15.0. The van der Waals surface area contributed by atoms with Crippen LogP contribution in [0.3, 0.4) is 0 Å². The maximum atomic E-state index is 13.0. The van der Waals surface area contributed by atoms with Crippen molar-refractivity contribution in [2.24, 2.45) is 5.41 Å².